The number of fused-ring (bicyclic) bond motifs is 1. The van der Waals surface area contributed by atoms with Crippen molar-refractivity contribution in [3.63, 3.8) is 0 Å². The largest absolute Gasteiger partial charge is 0.508 e. The summed E-state index contributed by atoms with van der Waals surface area (Å²) in [5, 5.41) is 13.1. The van der Waals surface area contributed by atoms with Gasteiger partial charge in [0.15, 0.2) is 11.5 Å². The van der Waals surface area contributed by atoms with Crippen molar-refractivity contribution in [2.45, 2.75) is 44.7 Å². The number of hydrogen-bond acceptors (Lipinski definition) is 5. The topological polar surface area (TPSA) is 88.1 Å². The molecule has 1 saturated carbocycles. The quantitative estimate of drug-likeness (QED) is 0.517. The summed E-state index contributed by atoms with van der Waals surface area (Å²) in [5.41, 5.74) is 2.57. The van der Waals surface area contributed by atoms with E-state index in [4.69, 9.17) is 9.47 Å². The van der Waals surface area contributed by atoms with Crippen molar-refractivity contribution in [3.05, 3.63) is 83.4 Å². The maximum absolute atomic E-state index is 14.2. The molecule has 7 nitrogen and oxygen atoms in total. The molecule has 0 bridgehead atoms. The standard InChI is InChI=1S/C29H30N2O5/c1-19-5-4-8-23(17-19)31(29(34)21-11-14-25-26(18-21)36-16-15-35-25)27(20-9-12-24(32)13-10-20)28(33)30-22-6-2-3-7-22/h4-5,8-14,17-18,22,27,32H,2-3,6-7,15-16H2,1H3,(H,30,33)/t27-/m1/s1. The Kier molecular flexibility index (Phi) is 6.80. The first-order valence-electron chi connectivity index (χ1n) is 12.4. The van der Waals surface area contributed by atoms with Crippen molar-refractivity contribution in [3.8, 4) is 17.2 Å². The van der Waals surface area contributed by atoms with Crippen LogP contribution in [0.2, 0.25) is 0 Å². The van der Waals surface area contributed by atoms with E-state index in [1.54, 1.807) is 30.3 Å². The number of benzene rings is 3. The van der Waals surface area contributed by atoms with Gasteiger partial charge in [0.05, 0.1) is 0 Å². The molecule has 0 unspecified atom stereocenters. The van der Waals surface area contributed by atoms with Gasteiger partial charge in [-0.1, -0.05) is 37.1 Å². The normalized spacial score (nSPS) is 15.8. The highest BCUT2D eigenvalue weighted by atomic mass is 16.6. The van der Waals surface area contributed by atoms with Crippen LogP contribution in [0, 0.1) is 6.92 Å². The zero-order valence-electron chi connectivity index (χ0n) is 20.3. The molecule has 2 aliphatic rings. The van der Waals surface area contributed by atoms with Gasteiger partial charge in [0.25, 0.3) is 5.91 Å². The van der Waals surface area contributed by atoms with Crippen LogP contribution < -0.4 is 19.7 Å². The van der Waals surface area contributed by atoms with Gasteiger partial charge in [0.2, 0.25) is 5.91 Å². The molecule has 3 aromatic carbocycles. The smallest absolute Gasteiger partial charge is 0.259 e. The monoisotopic (exact) mass is 486 g/mol. The van der Waals surface area contributed by atoms with Crippen LogP contribution in [0.4, 0.5) is 5.69 Å². The number of amides is 2. The summed E-state index contributed by atoms with van der Waals surface area (Å²) in [6.45, 7) is 2.82. The third kappa shape index (κ3) is 5.00. The summed E-state index contributed by atoms with van der Waals surface area (Å²) in [5.74, 6) is 0.605. The number of carbonyl (C=O) groups is 2. The minimum atomic E-state index is -0.936. The Morgan fingerprint density at radius 1 is 0.944 bits per heavy atom. The van der Waals surface area contributed by atoms with Crippen molar-refractivity contribution in [2.24, 2.45) is 0 Å². The van der Waals surface area contributed by atoms with E-state index in [0.29, 0.717) is 41.5 Å². The van der Waals surface area contributed by atoms with E-state index >= 15 is 0 Å². The first-order chi connectivity index (χ1) is 17.5. The molecule has 0 radical (unpaired) electrons. The maximum Gasteiger partial charge on any atom is 0.259 e. The number of aromatic hydroxyl groups is 1. The third-order valence-electron chi connectivity index (χ3n) is 6.70. The van der Waals surface area contributed by atoms with E-state index in [0.717, 1.165) is 31.2 Å². The summed E-state index contributed by atoms with van der Waals surface area (Å²) in [7, 11) is 0. The van der Waals surface area contributed by atoms with Crippen LogP contribution >= 0.6 is 0 Å². The summed E-state index contributed by atoms with van der Waals surface area (Å²) < 4.78 is 11.3. The lowest BCUT2D eigenvalue weighted by Gasteiger charge is -2.33. The van der Waals surface area contributed by atoms with Gasteiger partial charge in [-0.3, -0.25) is 14.5 Å². The van der Waals surface area contributed by atoms with Gasteiger partial charge >= 0.3 is 0 Å². The lowest BCUT2D eigenvalue weighted by Crippen LogP contribution is -2.46. The number of aryl methyl sites for hydroxylation is 1. The van der Waals surface area contributed by atoms with E-state index in [1.807, 2.05) is 31.2 Å². The molecule has 0 aromatic heterocycles. The Labute approximate surface area is 210 Å². The average molecular weight is 487 g/mol. The fourth-order valence-corrected chi connectivity index (χ4v) is 4.90. The van der Waals surface area contributed by atoms with Gasteiger partial charge in [-0.25, -0.2) is 0 Å². The molecular weight excluding hydrogens is 456 g/mol. The highest BCUT2D eigenvalue weighted by molar-refractivity contribution is 6.10. The predicted octanol–water partition coefficient (Wildman–Crippen LogP) is 4.92. The molecule has 2 N–H and O–H groups in total. The molecule has 1 heterocycles. The predicted molar refractivity (Wildman–Crippen MR) is 137 cm³/mol. The molecule has 2 amide bonds. The van der Waals surface area contributed by atoms with E-state index in [-0.39, 0.29) is 23.6 Å². The molecule has 1 aliphatic heterocycles. The summed E-state index contributed by atoms with van der Waals surface area (Å²) in [4.78, 5) is 29.5. The molecule has 1 atom stereocenters. The maximum atomic E-state index is 14.2. The Morgan fingerprint density at radius 3 is 2.39 bits per heavy atom. The minimum Gasteiger partial charge on any atom is -0.508 e. The SMILES string of the molecule is Cc1cccc(N(C(=O)c2ccc3c(c2)OCCO3)[C@@H](C(=O)NC2CCCC2)c2ccc(O)cc2)c1. The van der Waals surface area contributed by atoms with Crippen molar-refractivity contribution >= 4 is 17.5 Å². The van der Waals surface area contributed by atoms with Crippen LogP contribution in [0.5, 0.6) is 17.2 Å². The zero-order valence-corrected chi connectivity index (χ0v) is 20.3. The van der Waals surface area contributed by atoms with Crippen LogP contribution in [0.15, 0.2) is 66.7 Å². The van der Waals surface area contributed by atoms with Crippen LogP contribution in [-0.4, -0.2) is 36.2 Å². The van der Waals surface area contributed by atoms with Gasteiger partial charge < -0.3 is 19.9 Å². The fourth-order valence-electron chi connectivity index (χ4n) is 4.90. The van der Waals surface area contributed by atoms with Gasteiger partial charge in [-0.15, -0.1) is 0 Å². The van der Waals surface area contributed by atoms with E-state index in [9.17, 15) is 14.7 Å². The molecule has 3 aromatic rings. The lowest BCUT2D eigenvalue weighted by atomic mass is 10.00. The number of nitrogens with zero attached hydrogens (tertiary/aromatic N) is 1. The molecular formula is C29H30N2O5. The number of ether oxygens (including phenoxy) is 2. The molecule has 36 heavy (non-hydrogen) atoms. The summed E-state index contributed by atoms with van der Waals surface area (Å²) >= 11 is 0. The van der Waals surface area contributed by atoms with Crippen molar-refractivity contribution in [2.75, 3.05) is 18.1 Å². The van der Waals surface area contributed by atoms with Crippen LogP contribution in [0.25, 0.3) is 0 Å². The van der Waals surface area contributed by atoms with Crippen LogP contribution in [-0.2, 0) is 4.79 Å². The fraction of sp³-hybridized carbons (Fsp3) is 0.310. The van der Waals surface area contributed by atoms with E-state index < -0.39 is 6.04 Å². The number of phenols is 1. The third-order valence-corrected chi connectivity index (χ3v) is 6.70. The molecule has 1 aliphatic carbocycles. The number of carbonyl (C=O) groups excluding carboxylic acids is 2. The number of nitrogens with one attached hydrogen (secondary N) is 1. The second-order valence-electron chi connectivity index (χ2n) is 9.36. The number of hydrogen-bond donors (Lipinski definition) is 2. The molecule has 1 fully saturated rings. The van der Waals surface area contributed by atoms with Gasteiger partial charge in [0.1, 0.15) is 25.0 Å². The zero-order chi connectivity index (χ0) is 25.1. The second-order valence-corrected chi connectivity index (χ2v) is 9.36. The highest BCUT2D eigenvalue weighted by Crippen LogP contribution is 2.35. The number of anilines is 1. The number of phenolic OH excluding ortho intramolecular Hbond substituents is 1. The highest BCUT2D eigenvalue weighted by Gasteiger charge is 2.35. The molecule has 0 saturated heterocycles. The lowest BCUT2D eigenvalue weighted by molar-refractivity contribution is -0.123. The van der Waals surface area contributed by atoms with Crippen molar-refractivity contribution in [1.82, 2.24) is 5.32 Å². The second kappa shape index (κ2) is 10.3. The molecule has 0 spiro atoms. The molecule has 5 rings (SSSR count). The van der Waals surface area contributed by atoms with E-state index in [2.05, 4.69) is 5.32 Å². The molecule has 7 heteroatoms. The van der Waals surface area contributed by atoms with E-state index in [1.165, 1.54) is 17.0 Å². The average Bonchev–Trinajstić information content (AvgIpc) is 3.40. The minimum absolute atomic E-state index is 0.0841. The van der Waals surface area contributed by atoms with Gasteiger partial charge in [-0.2, -0.15) is 0 Å². The van der Waals surface area contributed by atoms with Crippen LogP contribution in [0.1, 0.15) is 53.2 Å². The molecule has 186 valence electrons. The Bertz CT molecular complexity index is 1250. The Balaban J connectivity index is 1.60. The van der Waals surface area contributed by atoms with Gasteiger partial charge in [0, 0.05) is 17.3 Å². The van der Waals surface area contributed by atoms with Gasteiger partial charge in [-0.05, 0) is 73.4 Å². The first-order valence-corrected chi connectivity index (χ1v) is 12.4. The summed E-state index contributed by atoms with van der Waals surface area (Å²) in [6, 6.07) is 18.2. The first kappa shape index (κ1) is 23.7. The van der Waals surface area contributed by atoms with Crippen LogP contribution in [0.3, 0.4) is 0 Å². The number of rotatable bonds is 6. The Morgan fingerprint density at radius 2 is 1.67 bits per heavy atom. The van der Waals surface area contributed by atoms with Crippen molar-refractivity contribution in [1.29, 1.82) is 0 Å². The Hall–Kier alpha value is -4.00. The van der Waals surface area contributed by atoms with Crippen molar-refractivity contribution < 1.29 is 24.2 Å². The summed E-state index contributed by atoms with van der Waals surface area (Å²) in [6.07, 6.45) is 4.00.